The van der Waals surface area contributed by atoms with Crippen LogP contribution in [0, 0.1) is 0 Å². The molecule has 0 saturated carbocycles. The molecule has 0 aliphatic carbocycles. The summed E-state index contributed by atoms with van der Waals surface area (Å²) in [6.07, 6.45) is 3.11. The zero-order valence-electron chi connectivity index (χ0n) is 11.2. The van der Waals surface area contributed by atoms with Crippen molar-refractivity contribution in [1.82, 2.24) is 5.32 Å². The maximum absolute atomic E-state index is 12.0. The number of nitrogens with zero attached hydrogens (tertiary/aromatic N) is 1. The lowest BCUT2D eigenvalue weighted by Crippen LogP contribution is -2.49. The number of likely N-dealkylation sites (N-methyl/N-ethyl adjacent to an activating group) is 1. The van der Waals surface area contributed by atoms with Crippen LogP contribution in [0.3, 0.4) is 0 Å². The fraction of sp³-hybridized carbons (Fsp3) is 0.500. The molecule has 1 saturated heterocycles. The number of piperidine rings is 1. The van der Waals surface area contributed by atoms with Crippen LogP contribution in [0.4, 0.5) is 5.69 Å². The molecular formula is C14H20BrN3O. The van der Waals surface area contributed by atoms with Crippen LogP contribution in [0.1, 0.15) is 24.8 Å². The van der Waals surface area contributed by atoms with Crippen LogP contribution >= 0.6 is 15.9 Å². The van der Waals surface area contributed by atoms with Crippen molar-refractivity contribution in [2.45, 2.75) is 31.8 Å². The second-order valence-corrected chi connectivity index (χ2v) is 5.62. The molecule has 4 nitrogen and oxygen atoms in total. The van der Waals surface area contributed by atoms with E-state index in [-0.39, 0.29) is 11.9 Å². The summed E-state index contributed by atoms with van der Waals surface area (Å²) in [5.74, 6) is 0.0858. The van der Waals surface area contributed by atoms with Gasteiger partial charge in [-0.1, -0.05) is 22.0 Å². The first kappa shape index (κ1) is 14.3. The van der Waals surface area contributed by atoms with Crippen molar-refractivity contribution in [3.63, 3.8) is 0 Å². The van der Waals surface area contributed by atoms with E-state index in [0.29, 0.717) is 6.54 Å². The first-order chi connectivity index (χ1) is 9.19. The van der Waals surface area contributed by atoms with E-state index in [1.807, 2.05) is 18.2 Å². The van der Waals surface area contributed by atoms with E-state index in [0.717, 1.165) is 41.5 Å². The van der Waals surface area contributed by atoms with Gasteiger partial charge in [0.2, 0.25) is 5.91 Å². The maximum Gasteiger partial charge on any atom is 0.242 e. The summed E-state index contributed by atoms with van der Waals surface area (Å²) in [6, 6.07) is 5.95. The molecule has 19 heavy (non-hydrogen) atoms. The Morgan fingerprint density at radius 3 is 3.00 bits per heavy atom. The van der Waals surface area contributed by atoms with Gasteiger partial charge < -0.3 is 16.0 Å². The van der Waals surface area contributed by atoms with Crippen molar-refractivity contribution in [3.05, 3.63) is 28.2 Å². The second kappa shape index (κ2) is 6.39. The summed E-state index contributed by atoms with van der Waals surface area (Å²) in [6.45, 7) is 1.37. The quantitative estimate of drug-likeness (QED) is 0.893. The van der Waals surface area contributed by atoms with Gasteiger partial charge in [0.25, 0.3) is 0 Å². The first-order valence-electron chi connectivity index (χ1n) is 6.64. The average molecular weight is 326 g/mol. The van der Waals surface area contributed by atoms with Crippen LogP contribution in [-0.2, 0) is 11.3 Å². The van der Waals surface area contributed by atoms with Gasteiger partial charge in [0.15, 0.2) is 0 Å². The minimum atomic E-state index is -0.0849. The standard InChI is InChI=1S/C14H20BrN3O/c1-17-14(19)13-6-2-3-8-18(13)12-7-4-5-11(15)10(12)9-16/h4-5,7,13H,2-3,6,8-9,16H2,1H3,(H,17,19). The van der Waals surface area contributed by atoms with E-state index in [9.17, 15) is 4.79 Å². The van der Waals surface area contributed by atoms with E-state index in [2.05, 4.69) is 26.1 Å². The normalized spacial score (nSPS) is 19.3. The highest BCUT2D eigenvalue weighted by Crippen LogP contribution is 2.32. The van der Waals surface area contributed by atoms with Gasteiger partial charge in [0.05, 0.1) is 0 Å². The predicted octanol–water partition coefficient (Wildman–Crippen LogP) is 2.01. The van der Waals surface area contributed by atoms with Gasteiger partial charge in [-0.15, -0.1) is 0 Å². The fourth-order valence-corrected chi connectivity index (χ4v) is 3.20. The molecule has 0 bridgehead atoms. The molecule has 2 rings (SSSR count). The molecule has 0 aromatic heterocycles. The lowest BCUT2D eigenvalue weighted by molar-refractivity contribution is -0.122. The van der Waals surface area contributed by atoms with Gasteiger partial charge >= 0.3 is 0 Å². The summed E-state index contributed by atoms with van der Waals surface area (Å²) in [5.41, 5.74) is 8.00. The smallest absolute Gasteiger partial charge is 0.242 e. The van der Waals surface area contributed by atoms with Crippen LogP contribution in [-0.4, -0.2) is 25.5 Å². The van der Waals surface area contributed by atoms with Crippen molar-refractivity contribution < 1.29 is 4.79 Å². The van der Waals surface area contributed by atoms with E-state index in [1.54, 1.807) is 7.05 Å². The molecule has 1 aromatic rings. The third-order valence-corrected chi connectivity index (χ3v) is 4.40. The molecule has 1 unspecified atom stereocenters. The highest BCUT2D eigenvalue weighted by molar-refractivity contribution is 9.10. The Labute approximate surface area is 122 Å². The Kier molecular flexibility index (Phi) is 4.82. The Morgan fingerprint density at radius 2 is 2.32 bits per heavy atom. The molecule has 0 radical (unpaired) electrons. The number of carbonyl (C=O) groups is 1. The highest BCUT2D eigenvalue weighted by Gasteiger charge is 2.29. The fourth-order valence-electron chi connectivity index (χ4n) is 2.68. The number of rotatable bonds is 3. The number of nitrogens with one attached hydrogen (secondary N) is 1. The predicted molar refractivity (Wildman–Crippen MR) is 81.1 cm³/mol. The van der Waals surface area contributed by atoms with Gasteiger partial charge in [0, 0.05) is 35.9 Å². The Bertz CT molecular complexity index is 464. The second-order valence-electron chi connectivity index (χ2n) is 4.76. The summed E-state index contributed by atoms with van der Waals surface area (Å²) >= 11 is 3.54. The third-order valence-electron chi connectivity index (χ3n) is 3.66. The molecule has 1 aromatic carbocycles. The van der Waals surface area contributed by atoms with Crippen molar-refractivity contribution >= 4 is 27.5 Å². The monoisotopic (exact) mass is 325 g/mol. The number of benzene rings is 1. The Hall–Kier alpha value is -1.07. The summed E-state index contributed by atoms with van der Waals surface area (Å²) in [7, 11) is 1.69. The van der Waals surface area contributed by atoms with Gasteiger partial charge in [-0.3, -0.25) is 4.79 Å². The summed E-state index contributed by atoms with van der Waals surface area (Å²) in [5, 5.41) is 2.76. The zero-order chi connectivity index (χ0) is 13.8. The molecule has 1 heterocycles. The molecule has 0 spiro atoms. The summed E-state index contributed by atoms with van der Waals surface area (Å²) in [4.78, 5) is 14.2. The lowest BCUT2D eigenvalue weighted by Gasteiger charge is -2.37. The molecule has 1 atom stereocenters. The molecule has 5 heteroatoms. The summed E-state index contributed by atoms with van der Waals surface area (Å²) < 4.78 is 1.01. The SMILES string of the molecule is CNC(=O)C1CCCCN1c1cccc(Br)c1CN. The minimum absolute atomic E-state index is 0.0849. The number of hydrogen-bond donors (Lipinski definition) is 2. The van der Waals surface area contributed by atoms with Crippen LogP contribution in [0.25, 0.3) is 0 Å². The lowest BCUT2D eigenvalue weighted by atomic mass is 9.99. The van der Waals surface area contributed by atoms with Gasteiger partial charge in [-0.2, -0.15) is 0 Å². The number of halogens is 1. The number of carbonyl (C=O) groups excluding carboxylic acids is 1. The van der Waals surface area contributed by atoms with Crippen molar-refractivity contribution in [2.75, 3.05) is 18.5 Å². The minimum Gasteiger partial charge on any atom is -0.359 e. The van der Waals surface area contributed by atoms with Gasteiger partial charge in [-0.05, 0) is 31.4 Å². The van der Waals surface area contributed by atoms with E-state index in [4.69, 9.17) is 5.73 Å². The first-order valence-corrected chi connectivity index (χ1v) is 7.44. The number of amides is 1. The third kappa shape index (κ3) is 2.92. The largest absolute Gasteiger partial charge is 0.359 e. The van der Waals surface area contributed by atoms with Crippen molar-refractivity contribution in [3.8, 4) is 0 Å². The van der Waals surface area contributed by atoms with Crippen LogP contribution in [0.15, 0.2) is 22.7 Å². The molecule has 1 aliphatic heterocycles. The molecule has 1 amide bonds. The van der Waals surface area contributed by atoms with Gasteiger partial charge in [-0.25, -0.2) is 0 Å². The van der Waals surface area contributed by atoms with Gasteiger partial charge in [0.1, 0.15) is 6.04 Å². The number of anilines is 1. The molecule has 1 aliphatic rings. The van der Waals surface area contributed by atoms with E-state index < -0.39 is 0 Å². The Balaban J connectivity index is 2.37. The average Bonchev–Trinajstić information content (AvgIpc) is 2.46. The highest BCUT2D eigenvalue weighted by atomic mass is 79.9. The van der Waals surface area contributed by atoms with Crippen LogP contribution < -0.4 is 16.0 Å². The topological polar surface area (TPSA) is 58.4 Å². The zero-order valence-corrected chi connectivity index (χ0v) is 12.7. The molecule has 1 fully saturated rings. The molecule has 104 valence electrons. The Morgan fingerprint density at radius 1 is 1.53 bits per heavy atom. The van der Waals surface area contributed by atoms with Crippen molar-refractivity contribution in [1.29, 1.82) is 0 Å². The number of nitrogens with two attached hydrogens (primary N) is 1. The number of hydrogen-bond acceptors (Lipinski definition) is 3. The van der Waals surface area contributed by atoms with Crippen LogP contribution in [0.5, 0.6) is 0 Å². The van der Waals surface area contributed by atoms with E-state index >= 15 is 0 Å². The molecule has 3 N–H and O–H groups in total. The van der Waals surface area contributed by atoms with Crippen molar-refractivity contribution in [2.24, 2.45) is 5.73 Å². The maximum atomic E-state index is 12.0. The molecular weight excluding hydrogens is 306 g/mol. The van der Waals surface area contributed by atoms with E-state index in [1.165, 1.54) is 0 Å². The van der Waals surface area contributed by atoms with Crippen LogP contribution in [0.2, 0.25) is 0 Å².